The first-order valence-electron chi connectivity index (χ1n) is 11.2. The molecule has 6 nitrogen and oxygen atoms in total. The van der Waals surface area contributed by atoms with Crippen LogP contribution >= 0.6 is 0 Å². The van der Waals surface area contributed by atoms with Crippen LogP contribution in [0.25, 0.3) is 10.9 Å². The zero-order valence-corrected chi connectivity index (χ0v) is 17.6. The number of amides is 1. The molecule has 1 aromatic carbocycles. The average Bonchev–Trinajstić information content (AvgIpc) is 3.19. The van der Waals surface area contributed by atoms with Gasteiger partial charge in [0, 0.05) is 62.4 Å². The highest BCUT2D eigenvalue weighted by Crippen LogP contribution is 2.32. The number of rotatable bonds is 7. The van der Waals surface area contributed by atoms with Crippen molar-refractivity contribution >= 4 is 16.8 Å². The maximum atomic E-state index is 12.4. The van der Waals surface area contributed by atoms with Crippen LogP contribution < -0.4 is 10.6 Å². The largest absolute Gasteiger partial charge is 0.361 e. The van der Waals surface area contributed by atoms with E-state index in [-0.39, 0.29) is 11.8 Å². The number of nitrogens with one attached hydrogen (secondary N) is 3. The molecule has 2 atom stereocenters. The van der Waals surface area contributed by atoms with E-state index in [1.165, 1.54) is 16.5 Å². The first-order chi connectivity index (χ1) is 14.2. The number of hydrogen-bond acceptors (Lipinski definition) is 4. The predicted molar refractivity (Wildman–Crippen MR) is 118 cm³/mol. The van der Waals surface area contributed by atoms with E-state index in [4.69, 9.17) is 0 Å². The molecule has 2 unspecified atom stereocenters. The van der Waals surface area contributed by atoms with Crippen molar-refractivity contribution in [2.24, 2.45) is 5.92 Å². The molecule has 2 aliphatic heterocycles. The molecule has 2 aliphatic rings. The number of carbonyl (C=O) groups is 1. The summed E-state index contributed by atoms with van der Waals surface area (Å²) in [5, 5.41) is 7.85. The summed E-state index contributed by atoms with van der Waals surface area (Å²) in [5.41, 5.74) is 2.60. The van der Waals surface area contributed by atoms with E-state index in [0.29, 0.717) is 6.04 Å². The predicted octanol–water partition coefficient (Wildman–Crippen LogP) is 2.35. The third-order valence-electron chi connectivity index (χ3n) is 6.58. The summed E-state index contributed by atoms with van der Waals surface area (Å²) in [6.45, 7) is 7.06. The van der Waals surface area contributed by atoms with Gasteiger partial charge in [-0.25, -0.2) is 0 Å². The van der Waals surface area contributed by atoms with E-state index in [1.54, 1.807) is 0 Å². The SMILES string of the molecule is CN1CCN(C(CCCNC(=O)C2CCCNC2)c2c[nH]c3ccccc23)CC1. The Morgan fingerprint density at radius 3 is 2.86 bits per heavy atom. The van der Waals surface area contributed by atoms with E-state index < -0.39 is 0 Å². The van der Waals surface area contributed by atoms with Crippen LogP contribution in [0.4, 0.5) is 0 Å². The summed E-state index contributed by atoms with van der Waals surface area (Å²) in [7, 11) is 2.20. The van der Waals surface area contributed by atoms with E-state index >= 15 is 0 Å². The molecule has 3 N–H and O–H groups in total. The lowest BCUT2D eigenvalue weighted by molar-refractivity contribution is -0.125. The van der Waals surface area contributed by atoms with Crippen molar-refractivity contribution in [3.05, 3.63) is 36.0 Å². The minimum Gasteiger partial charge on any atom is -0.361 e. The fraction of sp³-hybridized carbons (Fsp3) is 0.609. The van der Waals surface area contributed by atoms with Crippen LogP contribution in [-0.4, -0.2) is 73.6 Å². The highest BCUT2D eigenvalue weighted by Gasteiger charge is 2.26. The second-order valence-electron chi connectivity index (χ2n) is 8.62. The Morgan fingerprint density at radius 1 is 1.24 bits per heavy atom. The third-order valence-corrected chi connectivity index (χ3v) is 6.58. The number of likely N-dealkylation sites (N-methyl/N-ethyl adjacent to an activating group) is 1. The van der Waals surface area contributed by atoms with Gasteiger partial charge in [-0.1, -0.05) is 18.2 Å². The van der Waals surface area contributed by atoms with Crippen molar-refractivity contribution in [1.29, 1.82) is 0 Å². The van der Waals surface area contributed by atoms with Crippen LogP contribution in [-0.2, 0) is 4.79 Å². The van der Waals surface area contributed by atoms with Crippen molar-refractivity contribution in [1.82, 2.24) is 25.4 Å². The van der Waals surface area contributed by atoms with Gasteiger partial charge in [0.25, 0.3) is 0 Å². The maximum absolute atomic E-state index is 12.4. The number of benzene rings is 1. The van der Waals surface area contributed by atoms with Gasteiger partial charge in [-0.3, -0.25) is 9.69 Å². The number of nitrogens with zero attached hydrogens (tertiary/aromatic N) is 2. The molecule has 2 saturated heterocycles. The Kier molecular flexibility index (Phi) is 6.85. The van der Waals surface area contributed by atoms with Gasteiger partial charge in [0.2, 0.25) is 5.91 Å². The van der Waals surface area contributed by atoms with Gasteiger partial charge in [-0.05, 0) is 50.9 Å². The number of aromatic amines is 1. The van der Waals surface area contributed by atoms with Gasteiger partial charge >= 0.3 is 0 Å². The van der Waals surface area contributed by atoms with Crippen LogP contribution in [0, 0.1) is 5.92 Å². The fourth-order valence-corrected chi connectivity index (χ4v) is 4.76. The molecule has 0 aliphatic carbocycles. The maximum Gasteiger partial charge on any atom is 0.224 e. The van der Waals surface area contributed by atoms with Crippen molar-refractivity contribution in [2.75, 3.05) is 52.9 Å². The highest BCUT2D eigenvalue weighted by molar-refractivity contribution is 5.83. The van der Waals surface area contributed by atoms with E-state index in [0.717, 1.165) is 71.5 Å². The molecule has 0 saturated carbocycles. The Morgan fingerprint density at radius 2 is 2.07 bits per heavy atom. The van der Waals surface area contributed by atoms with Crippen LogP contribution in [0.15, 0.2) is 30.5 Å². The number of piperidine rings is 1. The Labute approximate surface area is 174 Å². The summed E-state index contributed by atoms with van der Waals surface area (Å²) in [6, 6.07) is 8.98. The second-order valence-corrected chi connectivity index (χ2v) is 8.62. The van der Waals surface area contributed by atoms with Gasteiger partial charge in [0.1, 0.15) is 0 Å². The number of piperazine rings is 1. The standard InChI is InChI=1S/C23H35N5O/c1-27-12-14-28(15-13-27)22(20-17-26-21-8-3-2-7-19(20)21)9-5-11-25-23(29)18-6-4-10-24-16-18/h2-3,7-8,17-18,22,24,26H,4-6,9-16H2,1H3,(H,25,29). The summed E-state index contributed by atoms with van der Waals surface area (Å²) in [5.74, 6) is 0.367. The molecule has 158 valence electrons. The average molecular weight is 398 g/mol. The van der Waals surface area contributed by atoms with Crippen molar-refractivity contribution in [3.63, 3.8) is 0 Å². The zero-order valence-electron chi connectivity index (χ0n) is 17.6. The first-order valence-corrected chi connectivity index (χ1v) is 11.2. The summed E-state index contributed by atoms with van der Waals surface area (Å²) < 4.78 is 0. The lowest BCUT2D eigenvalue weighted by atomic mass is 9.97. The van der Waals surface area contributed by atoms with Gasteiger partial charge in [0.05, 0.1) is 5.92 Å². The topological polar surface area (TPSA) is 63.4 Å². The third kappa shape index (κ3) is 5.00. The van der Waals surface area contributed by atoms with Crippen molar-refractivity contribution < 1.29 is 4.79 Å². The van der Waals surface area contributed by atoms with Gasteiger partial charge in [-0.15, -0.1) is 0 Å². The minimum absolute atomic E-state index is 0.144. The Hall–Kier alpha value is -1.89. The van der Waals surface area contributed by atoms with Gasteiger partial charge < -0.3 is 20.5 Å². The van der Waals surface area contributed by atoms with Gasteiger partial charge in [0.15, 0.2) is 0 Å². The number of hydrogen-bond donors (Lipinski definition) is 3. The van der Waals surface area contributed by atoms with E-state index in [1.807, 2.05) is 0 Å². The summed E-state index contributed by atoms with van der Waals surface area (Å²) in [4.78, 5) is 20.9. The molecule has 3 heterocycles. The Bertz CT molecular complexity index is 789. The van der Waals surface area contributed by atoms with Crippen LogP contribution in [0.5, 0.6) is 0 Å². The molecule has 2 aromatic rings. The summed E-state index contributed by atoms with van der Waals surface area (Å²) in [6.07, 6.45) is 6.37. The number of fused-ring (bicyclic) bond motifs is 1. The number of H-pyrrole nitrogens is 1. The van der Waals surface area contributed by atoms with Gasteiger partial charge in [-0.2, -0.15) is 0 Å². The lowest BCUT2D eigenvalue weighted by Gasteiger charge is -2.38. The first kappa shape index (κ1) is 20.4. The number of aromatic nitrogens is 1. The highest BCUT2D eigenvalue weighted by atomic mass is 16.1. The zero-order chi connectivity index (χ0) is 20.1. The van der Waals surface area contributed by atoms with E-state index in [2.05, 4.69) is 62.9 Å². The molecule has 1 aromatic heterocycles. The monoisotopic (exact) mass is 397 g/mol. The molecule has 0 spiro atoms. The van der Waals surface area contributed by atoms with Crippen LogP contribution in [0.1, 0.15) is 37.3 Å². The number of para-hydroxylation sites is 1. The molecule has 6 heteroatoms. The number of carbonyl (C=O) groups excluding carboxylic acids is 1. The molecule has 29 heavy (non-hydrogen) atoms. The molecular weight excluding hydrogens is 362 g/mol. The minimum atomic E-state index is 0.144. The smallest absolute Gasteiger partial charge is 0.224 e. The molecule has 2 fully saturated rings. The second kappa shape index (κ2) is 9.74. The molecule has 0 radical (unpaired) electrons. The van der Waals surface area contributed by atoms with Crippen LogP contribution in [0.2, 0.25) is 0 Å². The fourth-order valence-electron chi connectivity index (χ4n) is 4.76. The lowest BCUT2D eigenvalue weighted by Crippen LogP contribution is -2.46. The Balaban J connectivity index is 1.38. The van der Waals surface area contributed by atoms with Crippen molar-refractivity contribution in [2.45, 2.75) is 31.7 Å². The normalized spacial score (nSPS) is 22.6. The molecule has 1 amide bonds. The van der Waals surface area contributed by atoms with Crippen LogP contribution in [0.3, 0.4) is 0 Å². The molecule has 0 bridgehead atoms. The summed E-state index contributed by atoms with van der Waals surface area (Å²) >= 11 is 0. The van der Waals surface area contributed by atoms with E-state index in [9.17, 15) is 4.79 Å². The van der Waals surface area contributed by atoms with Crippen molar-refractivity contribution in [3.8, 4) is 0 Å². The molecular formula is C23H35N5O. The quantitative estimate of drug-likeness (QED) is 0.628. The molecule has 4 rings (SSSR count).